The van der Waals surface area contributed by atoms with Crippen molar-refractivity contribution in [2.75, 3.05) is 13.1 Å². The molecule has 0 saturated heterocycles. The Morgan fingerprint density at radius 2 is 1.89 bits per heavy atom. The van der Waals surface area contributed by atoms with Crippen LogP contribution in [0.1, 0.15) is 40.0 Å². The quantitative estimate of drug-likeness (QED) is 0.604. The number of hydrogen-bond acceptors (Lipinski definition) is 2. The average molecular weight is 254 g/mol. The number of urea groups is 1. The molecule has 0 aliphatic heterocycles. The highest BCUT2D eigenvalue weighted by atomic mass is 16.4. The monoisotopic (exact) mass is 254 g/mol. The Kier molecular flexibility index (Phi) is 7.61. The van der Waals surface area contributed by atoms with Gasteiger partial charge in [0, 0.05) is 13.0 Å². The van der Waals surface area contributed by atoms with Crippen LogP contribution in [0.4, 0.5) is 4.79 Å². The van der Waals surface area contributed by atoms with Gasteiger partial charge in [-0.15, -0.1) is 5.92 Å². The van der Waals surface area contributed by atoms with Gasteiger partial charge in [0.2, 0.25) is 0 Å². The van der Waals surface area contributed by atoms with E-state index in [9.17, 15) is 9.59 Å². The summed E-state index contributed by atoms with van der Waals surface area (Å²) in [6.45, 7) is 6.57. The van der Waals surface area contributed by atoms with Gasteiger partial charge < -0.3 is 15.7 Å². The molecule has 0 saturated carbocycles. The van der Waals surface area contributed by atoms with E-state index < -0.39 is 5.97 Å². The van der Waals surface area contributed by atoms with E-state index >= 15 is 0 Å². The Morgan fingerprint density at radius 3 is 2.44 bits per heavy atom. The van der Waals surface area contributed by atoms with Crippen LogP contribution in [0.2, 0.25) is 0 Å². The van der Waals surface area contributed by atoms with Crippen LogP contribution in [-0.2, 0) is 4.79 Å². The second kappa shape index (κ2) is 8.40. The van der Waals surface area contributed by atoms with Gasteiger partial charge in [-0.3, -0.25) is 4.79 Å². The molecule has 0 bridgehead atoms. The van der Waals surface area contributed by atoms with Crippen molar-refractivity contribution in [2.24, 2.45) is 5.41 Å². The molecule has 0 atom stereocenters. The summed E-state index contributed by atoms with van der Waals surface area (Å²) >= 11 is 0. The molecule has 0 spiro atoms. The maximum absolute atomic E-state index is 11.3. The smallest absolute Gasteiger partial charge is 0.315 e. The van der Waals surface area contributed by atoms with Crippen LogP contribution >= 0.6 is 0 Å². The molecule has 0 aromatic heterocycles. The van der Waals surface area contributed by atoms with Gasteiger partial charge >= 0.3 is 12.0 Å². The maximum atomic E-state index is 11.3. The molecule has 0 fully saturated rings. The zero-order chi connectivity index (χ0) is 14.0. The van der Waals surface area contributed by atoms with Crippen molar-refractivity contribution < 1.29 is 14.7 Å². The Morgan fingerprint density at radius 1 is 1.22 bits per heavy atom. The fourth-order valence-corrected chi connectivity index (χ4v) is 1.36. The number of carbonyl (C=O) groups excluding carboxylic acids is 1. The summed E-state index contributed by atoms with van der Waals surface area (Å²) in [6, 6.07) is -0.244. The topological polar surface area (TPSA) is 78.4 Å². The van der Waals surface area contributed by atoms with Crippen LogP contribution in [-0.4, -0.2) is 30.2 Å². The molecule has 0 radical (unpaired) electrons. The van der Waals surface area contributed by atoms with Gasteiger partial charge in [0.25, 0.3) is 0 Å². The largest absolute Gasteiger partial charge is 0.481 e. The third-order valence-electron chi connectivity index (χ3n) is 2.62. The first-order valence-electron chi connectivity index (χ1n) is 6.00. The third kappa shape index (κ3) is 9.52. The first kappa shape index (κ1) is 16.3. The summed E-state index contributed by atoms with van der Waals surface area (Å²) in [5.41, 5.74) is -0.0884. The summed E-state index contributed by atoms with van der Waals surface area (Å²) in [7, 11) is 0. The third-order valence-corrected chi connectivity index (χ3v) is 2.62. The van der Waals surface area contributed by atoms with E-state index in [1.807, 2.05) is 13.8 Å². The minimum absolute atomic E-state index is 0.0884. The molecule has 18 heavy (non-hydrogen) atoms. The van der Waals surface area contributed by atoms with Crippen molar-refractivity contribution in [3.8, 4) is 11.8 Å². The fourth-order valence-electron chi connectivity index (χ4n) is 1.36. The Balaban J connectivity index is 3.76. The number of nitrogens with one attached hydrogen (secondary N) is 2. The Hall–Kier alpha value is -1.70. The number of carbonyl (C=O) groups is 2. The summed E-state index contributed by atoms with van der Waals surface area (Å²) in [5, 5.41) is 13.9. The van der Waals surface area contributed by atoms with Crippen molar-refractivity contribution in [1.82, 2.24) is 10.6 Å². The second-order valence-electron chi connectivity index (χ2n) is 4.84. The molecule has 2 amide bonds. The highest BCUT2D eigenvalue weighted by molar-refractivity contribution is 5.74. The number of rotatable bonds is 7. The van der Waals surface area contributed by atoms with Gasteiger partial charge in [-0.05, 0) is 25.2 Å². The molecular weight excluding hydrogens is 232 g/mol. The molecule has 102 valence electrons. The molecule has 5 nitrogen and oxygen atoms in total. The molecule has 0 rings (SSSR count). The van der Waals surface area contributed by atoms with Crippen molar-refractivity contribution in [3.05, 3.63) is 0 Å². The predicted octanol–water partition coefficient (Wildman–Crippen LogP) is 1.59. The highest BCUT2D eigenvalue weighted by Crippen LogP contribution is 2.25. The van der Waals surface area contributed by atoms with E-state index in [1.165, 1.54) is 0 Å². The molecule has 0 aromatic carbocycles. The number of hydrogen-bond donors (Lipinski definition) is 3. The first-order chi connectivity index (χ1) is 8.37. The Bertz CT molecular complexity index is 340. The molecule has 0 aromatic rings. The number of aliphatic carboxylic acids is 1. The summed E-state index contributed by atoms with van der Waals surface area (Å²) in [5.74, 6) is 4.63. The summed E-state index contributed by atoms with van der Waals surface area (Å²) in [6.07, 6.45) is 1.51. The van der Waals surface area contributed by atoms with Gasteiger partial charge in [0.15, 0.2) is 0 Å². The van der Waals surface area contributed by atoms with Crippen LogP contribution < -0.4 is 10.6 Å². The van der Waals surface area contributed by atoms with E-state index in [0.717, 1.165) is 6.42 Å². The predicted molar refractivity (Wildman–Crippen MR) is 70.1 cm³/mol. The lowest BCUT2D eigenvalue weighted by atomic mass is 9.84. The van der Waals surface area contributed by atoms with E-state index in [4.69, 9.17) is 5.11 Å². The van der Waals surface area contributed by atoms with Gasteiger partial charge in [0.1, 0.15) is 0 Å². The van der Waals surface area contributed by atoms with Gasteiger partial charge in [-0.2, -0.15) is 0 Å². The van der Waals surface area contributed by atoms with Crippen molar-refractivity contribution in [2.45, 2.75) is 40.0 Å². The standard InChI is InChI=1S/C13H22N2O3/c1-4-5-9-14-12(18)15-10-8-13(2,3)7-6-11(16)17/h6-10H2,1-3H3,(H,16,17)(H2,14,15,18). The zero-order valence-corrected chi connectivity index (χ0v) is 11.3. The van der Waals surface area contributed by atoms with E-state index in [1.54, 1.807) is 6.92 Å². The number of amides is 2. The van der Waals surface area contributed by atoms with Crippen LogP contribution in [0.15, 0.2) is 0 Å². The van der Waals surface area contributed by atoms with E-state index in [2.05, 4.69) is 22.5 Å². The highest BCUT2D eigenvalue weighted by Gasteiger charge is 2.18. The lowest BCUT2D eigenvalue weighted by molar-refractivity contribution is -0.137. The van der Waals surface area contributed by atoms with E-state index in [0.29, 0.717) is 19.5 Å². The van der Waals surface area contributed by atoms with Crippen molar-refractivity contribution in [3.63, 3.8) is 0 Å². The molecule has 0 aliphatic carbocycles. The van der Waals surface area contributed by atoms with E-state index in [-0.39, 0.29) is 17.9 Å². The number of carboxylic acid groups (broad SMARTS) is 1. The maximum Gasteiger partial charge on any atom is 0.315 e. The molecular formula is C13H22N2O3. The molecule has 0 unspecified atom stereocenters. The molecule has 0 heterocycles. The van der Waals surface area contributed by atoms with Crippen molar-refractivity contribution >= 4 is 12.0 Å². The Labute approximate surface area is 108 Å². The first-order valence-corrected chi connectivity index (χ1v) is 6.00. The van der Waals surface area contributed by atoms with Gasteiger partial charge in [-0.1, -0.05) is 19.8 Å². The molecule has 0 aliphatic rings. The van der Waals surface area contributed by atoms with Gasteiger partial charge in [-0.25, -0.2) is 4.79 Å². The van der Waals surface area contributed by atoms with Crippen LogP contribution in [0, 0.1) is 17.3 Å². The SMILES string of the molecule is CC#CCNC(=O)NCCC(C)(C)CCC(=O)O. The lowest BCUT2D eigenvalue weighted by Crippen LogP contribution is -2.37. The van der Waals surface area contributed by atoms with Gasteiger partial charge in [0.05, 0.1) is 6.54 Å². The number of carboxylic acids is 1. The second-order valence-corrected chi connectivity index (χ2v) is 4.84. The van der Waals surface area contributed by atoms with Crippen LogP contribution in [0.3, 0.4) is 0 Å². The molecule has 3 N–H and O–H groups in total. The molecule has 5 heteroatoms. The minimum atomic E-state index is -0.785. The van der Waals surface area contributed by atoms with Crippen LogP contribution in [0.25, 0.3) is 0 Å². The minimum Gasteiger partial charge on any atom is -0.481 e. The average Bonchev–Trinajstić information content (AvgIpc) is 2.27. The lowest BCUT2D eigenvalue weighted by Gasteiger charge is -2.23. The summed E-state index contributed by atoms with van der Waals surface area (Å²) < 4.78 is 0. The zero-order valence-electron chi connectivity index (χ0n) is 11.3. The normalized spacial score (nSPS) is 10.2. The fraction of sp³-hybridized carbons (Fsp3) is 0.692. The van der Waals surface area contributed by atoms with Crippen molar-refractivity contribution in [1.29, 1.82) is 0 Å². The van der Waals surface area contributed by atoms with Crippen LogP contribution in [0.5, 0.6) is 0 Å². The summed E-state index contributed by atoms with van der Waals surface area (Å²) in [4.78, 5) is 21.8.